The Balaban J connectivity index is 1.99. The van der Waals surface area contributed by atoms with E-state index in [9.17, 15) is 9.59 Å². The number of hydrogen-bond donors (Lipinski definition) is 1. The molecule has 0 aromatic heterocycles. The van der Waals surface area contributed by atoms with Crippen LogP contribution in [0.1, 0.15) is 22.8 Å². The van der Waals surface area contributed by atoms with Crippen LogP contribution in [0, 0.1) is 0 Å². The Morgan fingerprint density at radius 3 is 2.03 bits per heavy atom. The van der Waals surface area contributed by atoms with Gasteiger partial charge in [-0.15, -0.1) is 0 Å². The molecule has 0 bridgehead atoms. The van der Waals surface area contributed by atoms with Gasteiger partial charge < -0.3 is 14.5 Å². The number of hydrogen-bond acceptors (Lipinski definition) is 4. The maximum Gasteiger partial charge on any atom is 0.295 e. The topological polar surface area (TPSA) is 88.4 Å². The summed E-state index contributed by atoms with van der Waals surface area (Å²) < 4.78 is 12.2. The third kappa shape index (κ3) is 6.54. The Bertz CT molecular complexity index is 1110. The molecule has 0 heterocycles. The van der Waals surface area contributed by atoms with Gasteiger partial charge in [-0.25, -0.2) is 0 Å². The molecule has 2 atom stereocenters. The number of nitrogens with one attached hydrogen (secondary N) is 2. The molecular weight excluding hydrogens is 468 g/mol. The molecule has 0 saturated carbocycles. The summed E-state index contributed by atoms with van der Waals surface area (Å²) >= 11 is 6.04. The molecule has 2 amide bonds. The van der Waals surface area contributed by atoms with Crippen molar-refractivity contribution in [3.63, 3.8) is 0 Å². The molecule has 2 unspecified atom stereocenters. The highest BCUT2D eigenvalue weighted by Gasteiger charge is 2.46. The first-order chi connectivity index (χ1) is 16.1. The van der Waals surface area contributed by atoms with Crippen molar-refractivity contribution in [3.8, 4) is 0 Å². The average Bonchev–Trinajstić information content (AvgIpc) is 2.79. The van der Waals surface area contributed by atoms with E-state index in [1.807, 2.05) is 68.2 Å². The van der Waals surface area contributed by atoms with Crippen LogP contribution in [0.15, 0.2) is 84.9 Å². The van der Waals surface area contributed by atoms with Crippen molar-refractivity contribution in [2.75, 3.05) is 0 Å². The fourth-order valence-electron chi connectivity index (χ4n) is 3.48. The number of amides is 2. The molecule has 0 spiro atoms. The molecule has 34 heavy (non-hydrogen) atoms. The van der Waals surface area contributed by atoms with Gasteiger partial charge in [-0.3, -0.25) is 15.3 Å². The lowest BCUT2D eigenvalue weighted by molar-refractivity contribution is -0.152. The van der Waals surface area contributed by atoms with Crippen LogP contribution in [0.25, 0.3) is 0 Å². The molecule has 0 aliphatic heterocycles. The number of carbonyl (C=O) groups excluding carboxylic acids is 2. The van der Waals surface area contributed by atoms with E-state index in [4.69, 9.17) is 26.5 Å². The van der Waals surface area contributed by atoms with Crippen molar-refractivity contribution >= 4 is 31.7 Å². The lowest BCUT2D eigenvalue weighted by Crippen LogP contribution is -2.59. The van der Waals surface area contributed by atoms with Gasteiger partial charge in [-0.05, 0) is 42.9 Å². The van der Waals surface area contributed by atoms with E-state index in [-0.39, 0.29) is 6.61 Å². The van der Waals surface area contributed by atoms with E-state index in [1.54, 1.807) is 36.4 Å². The number of ether oxygens (including phenoxy) is 1. The predicted octanol–water partition coefficient (Wildman–Crippen LogP) is 5.23. The monoisotopic (exact) mass is 495 g/mol. The normalized spacial score (nSPS) is 14.1. The first kappa shape index (κ1) is 25.6. The van der Waals surface area contributed by atoms with Crippen molar-refractivity contribution in [3.05, 3.63) is 107 Å². The molecule has 0 fully saturated rings. The molecule has 3 aromatic carbocycles. The van der Waals surface area contributed by atoms with E-state index in [2.05, 4.69) is 5.32 Å². The van der Waals surface area contributed by atoms with Crippen LogP contribution in [0.3, 0.4) is 0 Å². The van der Waals surface area contributed by atoms with Gasteiger partial charge in [0.1, 0.15) is 0 Å². The summed E-state index contributed by atoms with van der Waals surface area (Å²) in [6.07, 6.45) is -1.03. The summed E-state index contributed by atoms with van der Waals surface area (Å²) in [7, 11) is -2.43. The van der Waals surface area contributed by atoms with Crippen LogP contribution in [-0.2, 0) is 31.1 Å². The zero-order valence-corrected chi connectivity index (χ0v) is 21.1. The first-order valence-electron chi connectivity index (χ1n) is 10.9. The van der Waals surface area contributed by atoms with Crippen molar-refractivity contribution in [2.24, 2.45) is 0 Å². The summed E-state index contributed by atoms with van der Waals surface area (Å²) in [6.45, 7) is 5.83. The van der Waals surface area contributed by atoms with Gasteiger partial charge >= 0.3 is 0 Å². The molecule has 6 nitrogen and oxygen atoms in total. The maximum absolute atomic E-state index is 13.6. The zero-order valence-electron chi connectivity index (χ0n) is 19.4. The Labute approximate surface area is 206 Å². The smallest absolute Gasteiger partial charge is 0.295 e. The lowest BCUT2D eigenvalue weighted by Gasteiger charge is -2.38. The van der Waals surface area contributed by atoms with Gasteiger partial charge in [0.05, 0.1) is 6.61 Å². The number of halogens is 1. The molecular formula is C26H28ClN2O4Si. The minimum atomic E-state index is -2.43. The minimum Gasteiger partial charge on any atom is -0.385 e. The Kier molecular flexibility index (Phi) is 8.27. The van der Waals surface area contributed by atoms with Crippen LogP contribution < -0.4 is 11.1 Å². The average molecular weight is 496 g/mol. The number of rotatable bonds is 10. The van der Waals surface area contributed by atoms with Gasteiger partial charge in [-0.1, -0.05) is 84.4 Å². The first-order valence-corrected chi connectivity index (χ1v) is 14.6. The Morgan fingerprint density at radius 1 is 0.941 bits per heavy atom. The highest BCUT2D eigenvalue weighted by Crippen LogP contribution is 2.31. The maximum atomic E-state index is 13.6. The van der Waals surface area contributed by atoms with E-state index >= 15 is 0 Å². The summed E-state index contributed by atoms with van der Waals surface area (Å²) in [5, 5.41) is 3.19. The van der Waals surface area contributed by atoms with Crippen molar-refractivity contribution < 1.29 is 18.8 Å². The van der Waals surface area contributed by atoms with Crippen LogP contribution in [-0.4, -0.2) is 20.1 Å². The molecule has 3 rings (SSSR count). The highest BCUT2D eigenvalue weighted by atomic mass is 35.5. The summed E-state index contributed by atoms with van der Waals surface area (Å²) in [4.78, 5) is 26.4. The summed E-state index contributed by atoms with van der Waals surface area (Å²) in [6, 6.07) is 24.9. The second-order valence-corrected chi connectivity index (χ2v) is 13.7. The van der Waals surface area contributed by atoms with Crippen LogP contribution >= 0.6 is 11.6 Å². The van der Waals surface area contributed by atoms with Gasteiger partial charge in [0.15, 0.2) is 14.4 Å². The summed E-state index contributed by atoms with van der Waals surface area (Å²) in [5.74, 6) is -1.67. The van der Waals surface area contributed by atoms with Gasteiger partial charge in [0.25, 0.3) is 11.8 Å². The SMILES string of the molecule is C[Si](C)(C)OC(NC(=O)C(OCc1ccccc1)c1ccccc1)(C([NH])=O)c1ccc(Cl)cc1. The van der Waals surface area contributed by atoms with Gasteiger partial charge in [0, 0.05) is 10.6 Å². The Hall–Kier alpha value is -2.97. The molecule has 0 saturated heterocycles. The largest absolute Gasteiger partial charge is 0.385 e. The van der Waals surface area contributed by atoms with Crippen LogP contribution in [0.2, 0.25) is 24.7 Å². The molecule has 177 valence electrons. The zero-order chi connectivity index (χ0) is 24.8. The van der Waals surface area contributed by atoms with E-state index < -0.39 is 32.0 Å². The summed E-state index contributed by atoms with van der Waals surface area (Å²) in [5.41, 5.74) is 7.95. The minimum absolute atomic E-state index is 0.186. The van der Waals surface area contributed by atoms with E-state index in [0.29, 0.717) is 16.1 Å². The molecule has 0 aliphatic carbocycles. The standard InChI is InChI=1S/C26H28ClN2O4Si/c1-34(2,3)33-26(25(28)31,21-14-16-22(27)17-15-21)29-24(30)23(20-12-8-5-9-13-20)32-18-19-10-6-4-7-11-19/h4-17,23,28H,18H2,1-3H3,(H,29,30). The Morgan fingerprint density at radius 2 is 1.50 bits per heavy atom. The van der Waals surface area contributed by atoms with Crippen LogP contribution in [0.5, 0.6) is 0 Å². The highest BCUT2D eigenvalue weighted by molar-refractivity contribution is 6.70. The fraction of sp³-hybridized carbons (Fsp3) is 0.231. The lowest BCUT2D eigenvalue weighted by atomic mass is 10.0. The molecule has 8 heteroatoms. The number of carbonyl (C=O) groups is 2. The van der Waals surface area contributed by atoms with Gasteiger partial charge in [0.2, 0.25) is 5.72 Å². The third-order valence-corrected chi connectivity index (χ3v) is 6.10. The quantitative estimate of drug-likeness (QED) is 0.308. The van der Waals surface area contributed by atoms with Crippen molar-refractivity contribution in [1.82, 2.24) is 11.1 Å². The molecule has 2 N–H and O–H groups in total. The van der Waals surface area contributed by atoms with Crippen LogP contribution in [0.4, 0.5) is 0 Å². The van der Waals surface area contributed by atoms with Crippen molar-refractivity contribution in [1.29, 1.82) is 0 Å². The fourth-order valence-corrected chi connectivity index (χ4v) is 4.78. The van der Waals surface area contributed by atoms with Gasteiger partial charge in [-0.2, -0.15) is 0 Å². The second kappa shape index (κ2) is 11.0. The second-order valence-electron chi connectivity index (χ2n) is 8.81. The van der Waals surface area contributed by atoms with E-state index in [1.165, 1.54) is 0 Å². The van der Waals surface area contributed by atoms with E-state index in [0.717, 1.165) is 5.56 Å². The molecule has 3 aromatic rings. The third-order valence-electron chi connectivity index (χ3n) is 4.93. The molecule has 0 aliphatic rings. The molecule has 1 radical (unpaired) electrons. The van der Waals surface area contributed by atoms with Crippen molar-refractivity contribution in [2.45, 2.75) is 38.1 Å². The predicted molar refractivity (Wildman–Crippen MR) is 134 cm³/mol. The number of benzene rings is 3.